The van der Waals surface area contributed by atoms with Crippen molar-refractivity contribution >= 4 is 0 Å². The molecule has 0 aliphatic rings. The van der Waals surface area contributed by atoms with Crippen LogP contribution >= 0.6 is 0 Å². The molecule has 0 radical (unpaired) electrons. The highest BCUT2D eigenvalue weighted by Gasteiger charge is 2.14. The maximum Gasteiger partial charge on any atom is 0.134 e. The zero-order valence-corrected chi connectivity index (χ0v) is 10.3. The van der Waals surface area contributed by atoms with Gasteiger partial charge in [-0.05, 0) is 51.3 Å². The van der Waals surface area contributed by atoms with Gasteiger partial charge in [0.2, 0.25) is 0 Å². The fourth-order valence-electron chi connectivity index (χ4n) is 1.80. The van der Waals surface area contributed by atoms with Crippen LogP contribution in [-0.4, -0.2) is 20.4 Å². The highest BCUT2D eigenvalue weighted by Crippen LogP contribution is 2.26. The molecule has 2 aromatic heterocycles. The summed E-state index contributed by atoms with van der Waals surface area (Å²) in [6, 6.07) is 0. The Hall–Kier alpha value is -1.71. The lowest BCUT2D eigenvalue weighted by Crippen LogP contribution is -2.00. The Morgan fingerprint density at radius 1 is 0.688 bits per heavy atom. The van der Waals surface area contributed by atoms with Crippen molar-refractivity contribution in [2.45, 2.75) is 34.6 Å². The molecule has 4 nitrogen and oxygen atoms in total. The van der Waals surface area contributed by atoms with E-state index in [1.807, 2.05) is 13.8 Å². The van der Waals surface area contributed by atoms with E-state index in [4.69, 9.17) is 0 Å². The Morgan fingerprint density at radius 2 is 1.38 bits per heavy atom. The SMILES string of the molecule is Cc1n[nH]nc1-c1nc(C)c(C)c(C)c1C. The third kappa shape index (κ3) is 1.50. The molecule has 16 heavy (non-hydrogen) atoms. The molecule has 0 spiro atoms. The van der Waals surface area contributed by atoms with Crippen LogP contribution in [0.2, 0.25) is 0 Å². The number of aromatic amines is 1. The van der Waals surface area contributed by atoms with E-state index < -0.39 is 0 Å². The van der Waals surface area contributed by atoms with E-state index in [-0.39, 0.29) is 0 Å². The normalized spacial score (nSPS) is 10.8. The summed E-state index contributed by atoms with van der Waals surface area (Å²) in [5.41, 5.74) is 7.45. The summed E-state index contributed by atoms with van der Waals surface area (Å²) in [5, 5.41) is 10.8. The van der Waals surface area contributed by atoms with E-state index in [0.29, 0.717) is 0 Å². The van der Waals surface area contributed by atoms with Crippen LogP contribution in [0.4, 0.5) is 0 Å². The topological polar surface area (TPSA) is 54.5 Å². The maximum absolute atomic E-state index is 4.61. The van der Waals surface area contributed by atoms with Gasteiger partial charge in [0.1, 0.15) is 5.69 Å². The first-order chi connectivity index (χ1) is 7.52. The monoisotopic (exact) mass is 216 g/mol. The average Bonchev–Trinajstić information content (AvgIpc) is 2.67. The van der Waals surface area contributed by atoms with E-state index in [0.717, 1.165) is 22.8 Å². The molecule has 0 amide bonds. The first-order valence-electron chi connectivity index (χ1n) is 5.34. The number of aryl methyl sites for hydroxylation is 2. The van der Waals surface area contributed by atoms with Gasteiger partial charge in [0.15, 0.2) is 0 Å². The Kier molecular flexibility index (Phi) is 2.50. The Bertz CT molecular complexity index is 540. The van der Waals surface area contributed by atoms with E-state index >= 15 is 0 Å². The summed E-state index contributed by atoms with van der Waals surface area (Å²) in [6.07, 6.45) is 0. The van der Waals surface area contributed by atoms with Crippen molar-refractivity contribution in [2.75, 3.05) is 0 Å². The highest BCUT2D eigenvalue weighted by atomic mass is 15.3. The van der Waals surface area contributed by atoms with Crippen LogP contribution < -0.4 is 0 Å². The fourth-order valence-corrected chi connectivity index (χ4v) is 1.80. The summed E-state index contributed by atoms with van der Waals surface area (Å²) in [6.45, 7) is 10.3. The Labute approximate surface area is 95.1 Å². The molecule has 2 rings (SSSR count). The summed E-state index contributed by atoms with van der Waals surface area (Å²) in [5.74, 6) is 0. The van der Waals surface area contributed by atoms with Crippen molar-refractivity contribution in [2.24, 2.45) is 0 Å². The molecule has 0 bridgehead atoms. The van der Waals surface area contributed by atoms with Gasteiger partial charge in [-0.3, -0.25) is 4.98 Å². The standard InChI is InChI=1S/C12H16N4/c1-6-7(2)9(4)13-11(8(6)3)12-10(5)14-16-15-12/h1-5H3,(H,14,15,16). The lowest BCUT2D eigenvalue weighted by atomic mass is 10.00. The minimum atomic E-state index is 0.851. The average molecular weight is 216 g/mol. The van der Waals surface area contributed by atoms with Gasteiger partial charge in [-0.1, -0.05) is 0 Å². The molecule has 0 unspecified atom stereocenters. The summed E-state index contributed by atoms with van der Waals surface area (Å²) in [4.78, 5) is 4.61. The number of rotatable bonds is 1. The second kappa shape index (κ2) is 3.70. The molecule has 84 valence electrons. The molecule has 0 atom stereocenters. The molecule has 0 fully saturated rings. The zero-order chi connectivity index (χ0) is 11.9. The predicted octanol–water partition coefficient (Wildman–Crippen LogP) is 2.41. The van der Waals surface area contributed by atoms with Gasteiger partial charge in [-0.2, -0.15) is 15.4 Å². The number of hydrogen-bond donors (Lipinski definition) is 1. The quantitative estimate of drug-likeness (QED) is 0.796. The number of hydrogen-bond acceptors (Lipinski definition) is 3. The minimum Gasteiger partial charge on any atom is -0.251 e. The van der Waals surface area contributed by atoms with Crippen molar-refractivity contribution in [1.82, 2.24) is 20.4 Å². The molecular weight excluding hydrogens is 200 g/mol. The van der Waals surface area contributed by atoms with Crippen molar-refractivity contribution in [3.8, 4) is 11.4 Å². The van der Waals surface area contributed by atoms with Crippen LogP contribution in [0.1, 0.15) is 28.1 Å². The predicted molar refractivity (Wildman–Crippen MR) is 63.3 cm³/mol. The third-order valence-corrected chi connectivity index (χ3v) is 3.25. The van der Waals surface area contributed by atoms with Gasteiger partial charge in [-0.25, -0.2) is 0 Å². The molecule has 0 saturated heterocycles. The first kappa shape index (κ1) is 10.8. The van der Waals surface area contributed by atoms with E-state index in [1.165, 1.54) is 16.7 Å². The Morgan fingerprint density at radius 3 is 1.94 bits per heavy atom. The van der Waals surface area contributed by atoms with E-state index in [1.54, 1.807) is 0 Å². The molecule has 0 aliphatic heterocycles. The number of nitrogens with one attached hydrogen (secondary N) is 1. The molecule has 0 aromatic carbocycles. The Balaban J connectivity index is 2.72. The second-order valence-corrected chi connectivity index (χ2v) is 4.18. The molecule has 4 heteroatoms. The maximum atomic E-state index is 4.61. The van der Waals surface area contributed by atoms with Crippen molar-refractivity contribution < 1.29 is 0 Å². The van der Waals surface area contributed by atoms with Crippen LogP contribution in [0.5, 0.6) is 0 Å². The molecule has 1 N–H and O–H groups in total. The second-order valence-electron chi connectivity index (χ2n) is 4.18. The van der Waals surface area contributed by atoms with Crippen molar-refractivity contribution in [1.29, 1.82) is 0 Å². The molecular formula is C12H16N4. The van der Waals surface area contributed by atoms with Gasteiger partial charge in [0.25, 0.3) is 0 Å². The van der Waals surface area contributed by atoms with Crippen LogP contribution in [0.25, 0.3) is 11.4 Å². The molecule has 0 aliphatic carbocycles. The van der Waals surface area contributed by atoms with Crippen LogP contribution in [-0.2, 0) is 0 Å². The zero-order valence-electron chi connectivity index (χ0n) is 10.3. The number of H-pyrrole nitrogens is 1. The van der Waals surface area contributed by atoms with Gasteiger partial charge >= 0.3 is 0 Å². The lowest BCUT2D eigenvalue weighted by molar-refractivity contribution is 0.928. The number of aromatic nitrogens is 4. The first-order valence-corrected chi connectivity index (χ1v) is 5.34. The smallest absolute Gasteiger partial charge is 0.134 e. The van der Waals surface area contributed by atoms with Crippen LogP contribution in [0.3, 0.4) is 0 Å². The van der Waals surface area contributed by atoms with Crippen molar-refractivity contribution in [3.05, 3.63) is 28.1 Å². The van der Waals surface area contributed by atoms with E-state index in [2.05, 4.69) is 41.2 Å². The molecule has 2 heterocycles. The highest BCUT2D eigenvalue weighted by molar-refractivity contribution is 5.63. The van der Waals surface area contributed by atoms with Crippen LogP contribution in [0.15, 0.2) is 0 Å². The van der Waals surface area contributed by atoms with Gasteiger partial charge in [0, 0.05) is 5.69 Å². The molecule has 0 saturated carbocycles. The third-order valence-electron chi connectivity index (χ3n) is 3.25. The van der Waals surface area contributed by atoms with Gasteiger partial charge in [-0.15, -0.1) is 0 Å². The van der Waals surface area contributed by atoms with Gasteiger partial charge in [0.05, 0.1) is 11.4 Å². The largest absolute Gasteiger partial charge is 0.251 e. The van der Waals surface area contributed by atoms with E-state index in [9.17, 15) is 0 Å². The summed E-state index contributed by atoms with van der Waals surface area (Å²) < 4.78 is 0. The van der Waals surface area contributed by atoms with Crippen LogP contribution in [0, 0.1) is 34.6 Å². The summed E-state index contributed by atoms with van der Waals surface area (Å²) >= 11 is 0. The number of pyridine rings is 1. The number of nitrogens with zero attached hydrogens (tertiary/aromatic N) is 3. The van der Waals surface area contributed by atoms with Gasteiger partial charge < -0.3 is 0 Å². The minimum absolute atomic E-state index is 0.851. The molecule has 2 aromatic rings. The summed E-state index contributed by atoms with van der Waals surface area (Å²) in [7, 11) is 0. The lowest BCUT2D eigenvalue weighted by Gasteiger charge is -2.11. The van der Waals surface area contributed by atoms with Crippen molar-refractivity contribution in [3.63, 3.8) is 0 Å². The fraction of sp³-hybridized carbons (Fsp3) is 0.417.